The predicted molar refractivity (Wildman–Crippen MR) is 65.4 cm³/mol. The van der Waals surface area contributed by atoms with Crippen molar-refractivity contribution in [3.63, 3.8) is 0 Å². The van der Waals surface area contributed by atoms with Gasteiger partial charge in [0.15, 0.2) is 9.04 Å². The van der Waals surface area contributed by atoms with Crippen LogP contribution in [0.4, 0.5) is 0 Å². The molecule has 1 aromatic carbocycles. The smallest absolute Gasteiger partial charge is 0.197 e. The summed E-state index contributed by atoms with van der Waals surface area (Å²) in [4.78, 5) is 0. The molecule has 0 aromatic heterocycles. The zero-order chi connectivity index (χ0) is 10.5. The lowest BCUT2D eigenvalue weighted by molar-refractivity contribution is 0.277. The average Bonchev–Trinajstić information content (AvgIpc) is 2.33. The van der Waals surface area contributed by atoms with E-state index in [1.807, 2.05) is 7.05 Å². The van der Waals surface area contributed by atoms with Crippen LogP contribution >= 0.6 is 0 Å². The standard InChI is InChI=1S/C12H19NOSi/c1-13-12(11-7-3-2-4-8-11)15-10-6-5-9-14-15/h2-4,7-8,12-13,15H,5-6,9-10H2,1H3. The Balaban J connectivity index is 2.09. The van der Waals surface area contributed by atoms with E-state index in [2.05, 4.69) is 35.6 Å². The van der Waals surface area contributed by atoms with Crippen molar-refractivity contribution < 1.29 is 4.43 Å². The quantitative estimate of drug-likeness (QED) is 0.789. The first kappa shape index (κ1) is 10.9. The number of benzene rings is 1. The van der Waals surface area contributed by atoms with Crippen molar-refractivity contribution in [1.29, 1.82) is 0 Å². The Hall–Kier alpha value is -0.643. The van der Waals surface area contributed by atoms with Gasteiger partial charge in [-0.25, -0.2) is 0 Å². The van der Waals surface area contributed by atoms with Crippen LogP contribution in [0.1, 0.15) is 24.1 Å². The monoisotopic (exact) mass is 221 g/mol. The van der Waals surface area contributed by atoms with Gasteiger partial charge in [0.05, 0.1) is 0 Å². The molecule has 3 heteroatoms. The van der Waals surface area contributed by atoms with Crippen molar-refractivity contribution in [3.8, 4) is 0 Å². The predicted octanol–water partition coefficient (Wildman–Crippen LogP) is 2.02. The fourth-order valence-corrected chi connectivity index (χ4v) is 5.13. The van der Waals surface area contributed by atoms with Crippen LogP contribution in [0.2, 0.25) is 6.04 Å². The first-order chi connectivity index (χ1) is 7.42. The van der Waals surface area contributed by atoms with Crippen LogP contribution in [0.3, 0.4) is 0 Å². The second kappa shape index (κ2) is 5.44. The van der Waals surface area contributed by atoms with Gasteiger partial charge < -0.3 is 9.74 Å². The Kier molecular flexibility index (Phi) is 3.94. The van der Waals surface area contributed by atoms with Gasteiger partial charge >= 0.3 is 0 Å². The summed E-state index contributed by atoms with van der Waals surface area (Å²) in [5, 5.41) is 3.42. The van der Waals surface area contributed by atoms with E-state index in [0.717, 1.165) is 6.61 Å². The number of rotatable bonds is 3. The van der Waals surface area contributed by atoms with Crippen LogP contribution in [0.25, 0.3) is 0 Å². The molecule has 2 nitrogen and oxygen atoms in total. The molecular weight excluding hydrogens is 202 g/mol. The van der Waals surface area contributed by atoms with Gasteiger partial charge in [-0.2, -0.15) is 0 Å². The molecule has 1 N–H and O–H groups in total. The zero-order valence-electron chi connectivity index (χ0n) is 9.28. The van der Waals surface area contributed by atoms with E-state index in [1.165, 1.54) is 24.4 Å². The summed E-state index contributed by atoms with van der Waals surface area (Å²) in [6, 6.07) is 12.0. The van der Waals surface area contributed by atoms with E-state index in [-0.39, 0.29) is 0 Å². The third-order valence-corrected chi connectivity index (χ3v) is 6.16. The maximum Gasteiger partial charge on any atom is 0.197 e. The van der Waals surface area contributed by atoms with E-state index in [4.69, 9.17) is 4.43 Å². The molecule has 1 saturated heterocycles. The van der Waals surface area contributed by atoms with Crippen LogP contribution in [0, 0.1) is 0 Å². The molecule has 1 aliphatic heterocycles. The number of nitrogens with one attached hydrogen (secondary N) is 1. The highest BCUT2D eigenvalue weighted by atomic mass is 28.3. The fourth-order valence-electron chi connectivity index (χ4n) is 2.26. The summed E-state index contributed by atoms with van der Waals surface area (Å²) in [6.45, 7) is 0.974. The molecule has 2 rings (SSSR count). The highest BCUT2D eigenvalue weighted by Crippen LogP contribution is 2.23. The van der Waals surface area contributed by atoms with Gasteiger partial charge in [-0.1, -0.05) is 36.8 Å². The second-order valence-electron chi connectivity index (χ2n) is 4.08. The highest BCUT2D eigenvalue weighted by Gasteiger charge is 2.26. The molecule has 2 unspecified atom stereocenters. The SMILES string of the molecule is CNC(c1ccccc1)[SiH]1CCCCO1. The molecule has 0 amide bonds. The van der Waals surface area contributed by atoms with Gasteiger partial charge in [-0.3, -0.25) is 0 Å². The minimum absolute atomic E-state index is 0.478. The lowest BCUT2D eigenvalue weighted by Gasteiger charge is -2.29. The maximum absolute atomic E-state index is 5.96. The molecule has 0 radical (unpaired) electrons. The molecule has 0 bridgehead atoms. The molecule has 0 saturated carbocycles. The molecule has 1 aliphatic rings. The molecule has 0 spiro atoms. The highest BCUT2D eigenvalue weighted by molar-refractivity contribution is 6.53. The summed E-state index contributed by atoms with van der Waals surface area (Å²) in [7, 11) is 0.965. The molecule has 1 heterocycles. The van der Waals surface area contributed by atoms with Crippen LogP contribution in [-0.2, 0) is 4.43 Å². The van der Waals surface area contributed by atoms with Gasteiger partial charge in [0.2, 0.25) is 0 Å². The maximum atomic E-state index is 5.96. The molecule has 15 heavy (non-hydrogen) atoms. The Morgan fingerprint density at radius 1 is 1.27 bits per heavy atom. The lowest BCUT2D eigenvalue weighted by Crippen LogP contribution is -2.38. The minimum atomic E-state index is -1.08. The van der Waals surface area contributed by atoms with Gasteiger partial charge in [0.1, 0.15) is 0 Å². The molecular formula is C12H19NOSi. The largest absolute Gasteiger partial charge is 0.418 e. The summed E-state index contributed by atoms with van der Waals surface area (Å²) < 4.78 is 5.96. The summed E-state index contributed by atoms with van der Waals surface area (Å²) in [5.41, 5.74) is 1.87. The Morgan fingerprint density at radius 2 is 2.07 bits per heavy atom. The van der Waals surface area contributed by atoms with Crippen molar-refractivity contribution in [2.45, 2.75) is 24.6 Å². The fraction of sp³-hybridized carbons (Fsp3) is 0.500. The van der Waals surface area contributed by atoms with Gasteiger partial charge in [-0.15, -0.1) is 0 Å². The van der Waals surface area contributed by atoms with Crippen LogP contribution in [-0.4, -0.2) is 22.7 Å². The molecule has 0 aliphatic carbocycles. The third-order valence-electron chi connectivity index (χ3n) is 3.06. The summed E-state index contributed by atoms with van der Waals surface area (Å²) in [5.74, 6) is 0. The Bertz CT molecular complexity index is 285. The molecule has 2 atom stereocenters. The van der Waals surface area contributed by atoms with E-state index in [9.17, 15) is 0 Å². The normalized spacial score (nSPS) is 23.7. The first-order valence-corrected chi connectivity index (χ1v) is 7.71. The van der Waals surface area contributed by atoms with Crippen LogP contribution < -0.4 is 5.32 Å². The van der Waals surface area contributed by atoms with Gasteiger partial charge in [0.25, 0.3) is 0 Å². The summed E-state index contributed by atoms with van der Waals surface area (Å²) >= 11 is 0. The third kappa shape index (κ3) is 2.68. The zero-order valence-corrected chi connectivity index (χ0v) is 10.4. The number of hydrogen-bond acceptors (Lipinski definition) is 2. The van der Waals surface area contributed by atoms with Crippen LogP contribution in [0.15, 0.2) is 30.3 Å². The van der Waals surface area contributed by atoms with E-state index < -0.39 is 9.04 Å². The van der Waals surface area contributed by atoms with E-state index in [1.54, 1.807) is 0 Å². The lowest BCUT2D eigenvalue weighted by atomic mass is 10.2. The topological polar surface area (TPSA) is 21.3 Å². The first-order valence-electron chi connectivity index (χ1n) is 5.75. The van der Waals surface area contributed by atoms with E-state index >= 15 is 0 Å². The minimum Gasteiger partial charge on any atom is -0.418 e. The van der Waals surface area contributed by atoms with Gasteiger partial charge in [-0.05, 0) is 25.1 Å². The van der Waals surface area contributed by atoms with Crippen molar-refractivity contribution >= 4 is 9.04 Å². The van der Waals surface area contributed by atoms with Gasteiger partial charge in [0, 0.05) is 12.3 Å². The van der Waals surface area contributed by atoms with Crippen molar-refractivity contribution in [1.82, 2.24) is 5.32 Å². The molecule has 1 fully saturated rings. The van der Waals surface area contributed by atoms with Crippen molar-refractivity contribution in [2.75, 3.05) is 13.7 Å². The van der Waals surface area contributed by atoms with Crippen molar-refractivity contribution in [3.05, 3.63) is 35.9 Å². The average molecular weight is 221 g/mol. The second-order valence-corrected chi connectivity index (χ2v) is 6.74. The molecule has 82 valence electrons. The van der Waals surface area contributed by atoms with Crippen LogP contribution in [0.5, 0.6) is 0 Å². The Morgan fingerprint density at radius 3 is 2.67 bits per heavy atom. The van der Waals surface area contributed by atoms with Crippen molar-refractivity contribution in [2.24, 2.45) is 0 Å². The molecule has 1 aromatic rings. The summed E-state index contributed by atoms with van der Waals surface area (Å²) in [6.07, 6.45) is 2.59. The Labute approximate surface area is 93.4 Å². The van der Waals surface area contributed by atoms with E-state index in [0.29, 0.717) is 5.67 Å². The number of hydrogen-bond donors (Lipinski definition) is 1.